The number of nitrogens with one attached hydrogen (secondary N) is 1. The number of sulfonamides is 1. The molecule has 5 nitrogen and oxygen atoms in total. The summed E-state index contributed by atoms with van der Waals surface area (Å²) >= 11 is 0. The summed E-state index contributed by atoms with van der Waals surface area (Å²) in [6.45, 7) is 0.787. The van der Waals surface area contributed by atoms with E-state index in [9.17, 15) is 17.6 Å². The van der Waals surface area contributed by atoms with Crippen molar-refractivity contribution < 1.29 is 17.6 Å². The summed E-state index contributed by atoms with van der Waals surface area (Å²) in [5.74, 6) is -0.687. The molecule has 0 fully saturated rings. The van der Waals surface area contributed by atoms with Crippen molar-refractivity contribution in [2.75, 3.05) is 13.1 Å². The molecule has 0 aromatic heterocycles. The third-order valence-electron chi connectivity index (χ3n) is 5.97. The summed E-state index contributed by atoms with van der Waals surface area (Å²) < 4.78 is 41.5. The first-order chi connectivity index (χ1) is 15.9. The van der Waals surface area contributed by atoms with E-state index >= 15 is 0 Å². The SMILES string of the molecule is O=C(CC1c2ccccc2CCN1S(=O)(=O)c1ccc(F)cc1)NCCCc1ccccc1. The van der Waals surface area contributed by atoms with Gasteiger partial charge in [0.25, 0.3) is 0 Å². The van der Waals surface area contributed by atoms with Crippen LogP contribution in [0.5, 0.6) is 0 Å². The molecule has 4 rings (SSSR count). The summed E-state index contributed by atoms with van der Waals surface area (Å²) in [7, 11) is -3.89. The second-order valence-electron chi connectivity index (χ2n) is 8.18. The minimum atomic E-state index is -3.89. The summed E-state index contributed by atoms with van der Waals surface area (Å²) in [5, 5.41) is 2.94. The van der Waals surface area contributed by atoms with Gasteiger partial charge in [0, 0.05) is 19.5 Å². The molecule has 0 spiro atoms. The third kappa shape index (κ3) is 5.49. The smallest absolute Gasteiger partial charge is 0.243 e. The number of rotatable bonds is 8. The molecule has 0 bridgehead atoms. The van der Waals surface area contributed by atoms with Crippen LogP contribution in [0.25, 0.3) is 0 Å². The third-order valence-corrected chi connectivity index (χ3v) is 7.89. The van der Waals surface area contributed by atoms with Crippen LogP contribution in [0, 0.1) is 5.82 Å². The van der Waals surface area contributed by atoms with Gasteiger partial charge in [0.05, 0.1) is 10.9 Å². The Morgan fingerprint density at radius 2 is 1.67 bits per heavy atom. The summed E-state index contributed by atoms with van der Waals surface area (Å²) in [4.78, 5) is 12.8. The van der Waals surface area contributed by atoms with E-state index in [0.717, 1.165) is 36.1 Å². The van der Waals surface area contributed by atoms with Crippen LogP contribution in [0.15, 0.2) is 83.8 Å². The summed E-state index contributed by atoms with van der Waals surface area (Å²) in [5.41, 5.74) is 3.10. The number of benzene rings is 3. The molecule has 0 aliphatic carbocycles. The van der Waals surface area contributed by atoms with Gasteiger partial charge in [-0.3, -0.25) is 4.79 Å². The fourth-order valence-corrected chi connectivity index (χ4v) is 5.89. The normalized spacial score (nSPS) is 16.2. The average Bonchev–Trinajstić information content (AvgIpc) is 2.83. The Labute approximate surface area is 194 Å². The molecule has 1 N–H and O–H groups in total. The largest absolute Gasteiger partial charge is 0.356 e. The van der Waals surface area contributed by atoms with Crippen molar-refractivity contribution in [3.05, 3.63) is 101 Å². The molecular formula is C26H27FN2O3S. The highest BCUT2D eigenvalue weighted by Crippen LogP contribution is 2.36. The first-order valence-corrected chi connectivity index (χ1v) is 12.5. The molecule has 33 heavy (non-hydrogen) atoms. The maximum atomic E-state index is 13.4. The Kier molecular flexibility index (Phi) is 7.20. The van der Waals surface area contributed by atoms with Crippen molar-refractivity contribution in [1.29, 1.82) is 0 Å². The van der Waals surface area contributed by atoms with Crippen LogP contribution in [-0.2, 0) is 27.7 Å². The molecule has 7 heteroatoms. The number of amides is 1. The number of nitrogens with zero attached hydrogens (tertiary/aromatic N) is 1. The Morgan fingerprint density at radius 3 is 2.42 bits per heavy atom. The van der Waals surface area contributed by atoms with E-state index in [1.807, 2.05) is 42.5 Å². The zero-order valence-corrected chi connectivity index (χ0v) is 19.1. The van der Waals surface area contributed by atoms with Crippen LogP contribution < -0.4 is 5.32 Å². The molecule has 3 aromatic carbocycles. The maximum Gasteiger partial charge on any atom is 0.243 e. The van der Waals surface area contributed by atoms with Crippen LogP contribution in [0.4, 0.5) is 4.39 Å². The van der Waals surface area contributed by atoms with E-state index in [-0.39, 0.29) is 23.8 Å². The lowest BCUT2D eigenvalue weighted by molar-refractivity contribution is -0.122. The fourth-order valence-electron chi connectivity index (χ4n) is 4.28. The summed E-state index contributed by atoms with van der Waals surface area (Å²) in [6, 6.07) is 21.9. The van der Waals surface area contributed by atoms with E-state index in [2.05, 4.69) is 17.4 Å². The molecular weight excluding hydrogens is 439 g/mol. The van der Waals surface area contributed by atoms with Gasteiger partial charge in [-0.15, -0.1) is 0 Å². The Morgan fingerprint density at radius 1 is 0.970 bits per heavy atom. The molecule has 0 radical (unpaired) electrons. The molecule has 0 saturated heterocycles. The van der Waals surface area contributed by atoms with E-state index < -0.39 is 21.9 Å². The number of hydrogen-bond acceptors (Lipinski definition) is 3. The van der Waals surface area contributed by atoms with Gasteiger partial charge in [0.15, 0.2) is 0 Å². The number of halogens is 1. The van der Waals surface area contributed by atoms with E-state index in [0.29, 0.717) is 13.0 Å². The predicted octanol–water partition coefficient (Wildman–Crippen LogP) is 4.25. The first-order valence-electron chi connectivity index (χ1n) is 11.1. The Bertz CT molecular complexity index is 1200. The topological polar surface area (TPSA) is 66.5 Å². The predicted molar refractivity (Wildman–Crippen MR) is 126 cm³/mol. The van der Waals surface area contributed by atoms with Crippen LogP contribution in [0.3, 0.4) is 0 Å². The van der Waals surface area contributed by atoms with E-state index in [1.54, 1.807) is 0 Å². The lowest BCUT2D eigenvalue weighted by Gasteiger charge is -2.36. The van der Waals surface area contributed by atoms with Crippen molar-refractivity contribution in [1.82, 2.24) is 9.62 Å². The first kappa shape index (κ1) is 23.1. The van der Waals surface area contributed by atoms with Gasteiger partial charge < -0.3 is 5.32 Å². The lowest BCUT2D eigenvalue weighted by atomic mass is 9.92. The Balaban J connectivity index is 1.48. The zero-order chi connectivity index (χ0) is 23.3. The van der Waals surface area contributed by atoms with Crippen LogP contribution in [-0.4, -0.2) is 31.7 Å². The fraction of sp³-hybridized carbons (Fsp3) is 0.269. The average molecular weight is 467 g/mol. The monoisotopic (exact) mass is 466 g/mol. The Hall–Kier alpha value is -3.03. The van der Waals surface area contributed by atoms with Gasteiger partial charge in [0.1, 0.15) is 5.82 Å². The highest BCUT2D eigenvalue weighted by molar-refractivity contribution is 7.89. The minimum absolute atomic E-state index is 0.0246. The van der Waals surface area contributed by atoms with Crippen molar-refractivity contribution in [2.24, 2.45) is 0 Å². The molecule has 1 unspecified atom stereocenters. The molecule has 1 amide bonds. The van der Waals surface area contributed by atoms with Crippen molar-refractivity contribution in [3.8, 4) is 0 Å². The molecule has 0 saturated carbocycles. The standard InChI is InChI=1S/C26H27FN2O3S/c27-22-12-14-23(15-13-22)33(31,32)29-18-16-21-10-4-5-11-24(21)25(29)19-26(30)28-17-6-9-20-7-2-1-3-8-20/h1-5,7-8,10-15,25H,6,9,16-19H2,(H,28,30). The zero-order valence-electron chi connectivity index (χ0n) is 18.3. The number of aryl methyl sites for hydroxylation is 1. The van der Waals surface area contributed by atoms with Crippen LogP contribution in [0.1, 0.15) is 35.6 Å². The number of carbonyl (C=O) groups excluding carboxylic acids is 1. The van der Waals surface area contributed by atoms with Crippen molar-refractivity contribution in [2.45, 2.75) is 36.6 Å². The van der Waals surface area contributed by atoms with E-state index in [4.69, 9.17) is 0 Å². The maximum absolute atomic E-state index is 13.4. The highest BCUT2D eigenvalue weighted by Gasteiger charge is 2.37. The number of carbonyl (C=O) groups is 1. The van der Waals surface area contributed by atoms with Gasteiger partial charge in [-0.05, 0) is 60.2 Å². The molecule has 1 atom stereocenters. The molecule has 1 aliphatic heterocycles. The molecule has 172 valence electrons. The lowest BCUT2D eigenvalue weighted by Crippen LogP contribution is -2.42. The molecule has 1 aliphatic rings. The van der Waals surface area contributed by atoms with Gasteiger partial charge in [0.2, 0.25) is 15.9 Å². The van der Waals surface area contributed by atoms with E-state index in [1.165, 1.54) is 22.0 Å². The second kappa shape index (κ2) is 10.3. The molecule has 1 heterocycles. The number of hydrogen-bond donors (Lipinski definition) is 1. The van der Waals surface area contributed by atoms with Gasteiger partial charge in [-0.2, -0.15) is 4.31 Å². The van der Waals surface area contributed by atoms with Crippen molar-refractivity contribution in [3.63, 3.8) is 0 Å². The van der Waals surface area contributed by atoms with Crippen LogP contribution in [0.2, 0.25) is 0 Å². The summed E-state index contributed by atoms with van der Waals surface area (Å²) in [6.07, 6.45) is 2.25. The molecule has 3 aromatic rings. The number of fused-ring (bicyclic) bond motifs is 1. The second-order valence-corrected chi connectivity index (χ2v) is 10.1. The minimum Gasteiger partial charge on any atom is -0.356 e. The van der Waals surface area contributed by atoms with Gasteiger partial charge in [-0.25, -0.2) is 12.8 Å². The van der Waals surface area contributed by atoms with Crippen molar-refractivity contribution >= 4 is 15.9 Å². The van der Waals surface area contributed by atoms with Gasteiger partial charge >= 0.3 is 0 Å². The highest BCUT2D eigenvalue weighted by atomic mass is 32.2. The van der Waals surface area contributed by atoms with Crippen LogP contribution >= 0.6 is 0 Å². The van der Waals surface area contributed by atoms with Gasteiger partial charge in [-0.1, -0.05) is 54.6 Å². The quantitative estimate of drug-likeness (QED) is 0.505.